The number of hydrogen-bond donors (Lipinski definition) is 1. The Kier molecular flexibility index (Phi) is 4.20. The number of carbonyl (C=O) groups is 1. The van der Waals surface area contributed by atoms with Crippen LogP contribution in [0.4, 0.5) is 0 Å². The third-order valence-corrected chi connectivity index (χ3v) is 4.76. The molecule has 5 nitrogen and oxygen atoms in total. The second-order valence-electron chi connectivity index (χ2n) is 6.32. The van der Waals surface area contributed by atoms with Gasteiger partial charge in [-0.15, -0.1) is 0 Å². The lowest BCUT2D eigenvalue weighted by atomic mass is 9.93. The molecule has 0 spiro atoms. The lowest BCUT2D eigenvalue weighted by molar-refractivity contribution is -0.124. The first-order valence-electron chi connectivity index (χ1n) is 8.36. The molecule has 1 saturated carbocycles. The number of aromatic nitrogens is 3. The van der Waals surface area contributed by atoms with E-state index in [1.807, 2.05) is 11.6 Å². The molecule has 5 heteroatoms. The monoisotopic (exact) mass is 312 g/mol. The summed E-state index contributed by atoms with van der Waals surface area (Å²) in [5, 5.41) is 7.41. The van der Waals surface area contributed by atoms with Crippen LogP contribution in [0, 0.1) is 6.92 Å². The molecule has 0 aliphatic heterocycles. The Morgan fingerprint density at radius 1 is 1.30 bits per heavy atom. The Balaban J connectivity index is 1.79. The molecule has 1 aromatic carbocycles. The zero-order valence-corrected chi connectivity index (χ0v) is 14.0. The molecule has 23 heavy (non-hydrogen) atoms. The summed E-state index contributed by atoms with van der Waals surface area (Å²) in [5.41, 5.74) is 1.98. The van der Waals surface area contributed by atoms with E-state index in [-0.39, 0.29) is 17.4 Å². The molecule has 1 fully saturated rings. The van der Waals surface area contributed by atoms with Crippen LogP contribution < -0.4 is 5.32 Å². The van der Waals surface area contributed by atoms with Crippen molar-refractivity contribution in [1.82, 2.24) is 20.1 Å². The van der Waals surface area contributed by atoms with Crippen molar-refractivity contribution in [3.63, 3.8) is 0 Å². The molecule has 1 atom stereocenters. The zero-order valence-electron chi connectivity index (χ0n) is 14.0. The van der Waals surface area contributed by atoms with Crippen LogP contribution in [-0.2, 0) is 16.8 Å². The van der Waals surface area contributed by atoms with E-state index in [9.17, 15) is 4.79 Å². The normalized spacial score (nSPS) is 16.8. The van der Waals surface area contributed by atoms with Crippen LogP contribution >= 0.6 is 0 Å². The minimum absolute atomic E-state index is 0.0899. The number of rotatable bonds is 6. The fourth-order valence-corrected chi connectivity index (χ4v) is 3.08. The van der Waals surface area contributed by atoms with Crippen LogP contribution in [-0.4, -0.2) is 20.7 Å². The predicted octanol–water partition coefficient (Wildman–Crippen LogP) is 2.91. The zero-order chi connectivity index (χ0) is 16.4. The highest BCUT2D eigenvalue weighted by Crippen LogP contribution is 2.48. The van der Waals surface area contributed by atoms with E-state index in [0.29, 0.717) is 0 Å². The van der Waals surface area contributed by atoms with E-state index in [4.69, 9.17) is 0 Å². The smallest absolute Gasteiger partial charge is 0.231 e. The standard InChI is InChI=1S/C18H24N4O/c1-4-15(16-19-12-20-22(16)5-2)21-17(23)18(10-11-18)14-8-6-13(3)7-9-14/h6-9,12,15H,4-5,10-11H2,1-3H3,(H,21,23)/t15-/m0/s1. The summed E-state index contributed by atoms with van der Waals surface area (Å²) in [6, 6.07) is 8.23. The third kappa shape index (κ3) is 2.87. The molecule has 3 rings (SSSR count). The average Bonchev–Trinajstić information content (AvgIpc) is 3.24. The fraction of sp³-hybridized carbons (Fsp3) is 0.500. The summed E-state index contributed by atoms with van der Waals surface area (Å²) in [4.78, 5) is 17.2. The maximum Gasteiger partial charge on any atom is 0.231 e. The van der Waals surface area contributed by atoms with Crippen molar-refractivity contribution in [2.75, 3.05) is 0 Å². The van der Waals surface area contributed by atoms with Crippen LogP contribution in [0.2, 0.25) is 0 Å². The van der Waals surface area contributed by atoms with Gasteiger partial charge in [-0.1, -0.05) is 36.8 Å². The summed E-state index contributed by atoms with van der Waals surface area (Å²) < 4.78 is 1.85. The molecule has 0 radical (unpaired) electrons. The molecule has 2 aromatic rings. The van der Waals surface area contributed by atoms with Crippen molar-refractivity contribution >= 4 is 5.91 Å². The van der Waals surface area contributed by atoms with E-state index in [0.717, 1.165) is 37.2 Å². The molecule has 0 saturated heterocycles. The van der Waals surface area contributed by atoms with Gasteiger partial charge in [-0.3, -0.25) is 4.79 Å². The van der Waals surface area contributed by atoms with Crippen molar-refractivity contribution in [2.24, 2.45) is 0 Å². The van der Waals surface area contributed by atoms with Gasteiger partial charge in [-0.2, -0.15) is 5.10 Å². The number of nitrogens with one attached hydrogen (secondary N) is 1. The number of hydrogen-bond acceptors (Lipinski definition) is 3. The van der Waals surface area contributed by atoms with Gasteiger partial charge in [0, 0.05) is 6.54 Å². The second kappa shape index (κ2) is 6.14. The molecule has 1 amide bonds. The number of nitrogens with zero attached hydrogens (tertiary/aromatic N) is 3. The molecule has 0 bridgehead atoms. The van der Waals surface area contributed by atoms with Crippen LogP contribution in [0.5, 0.6) is 0 Å². The molecule has 1 heterocycles. The maximum atomic E-state index is 12.9. The third-order valence-electron chi connectivity index (χ3n) is 4.76. The highest BCUT2D eigenvalue weighted by molar-refractivity contribution is 5.91. The number of aryl methyl sites for hydroxylation is 2. The van der Waals surface area contributed by atoms with Crippen molar-refractivity contribution in [3.05, 3.63) is 47.5 Å². The molecule has 1 aliphatic rings. The summed E-state index contributed by atoms with van der Waals surface area (Å²) in [6.07, 6.45) is 4.19. The van der Waals surface area contributed by atoms with Gasteiger partial charge in [0.05, 0.1) is 11.5 Å². The molecule has 1 aliphatic carbocycles. The highest BCUT2D eigenvalue weighted by Gasteiger charge is 2.51. The number of carbonyl (C=O) groups excluding carboxylic acids is 1. The van der Waals surface area contributed by atoms with E-state index in [2.05, 4.69) is 53.5 Å². The highest BCUT2D eigenvalue weighted by atomic mass is 16.2. The van der Waals surface area contributed by atoms with Crippen LogP contribution in [0.3, 0.4) is 0 Å². The molecule has 122 valence electrons. The van der Waals surface area contributed by atoms with Crippen molar-refractivity contribution < 1.29 is 4.79 Å². The minimum atomic E-state index is -0.349. The first-order valence-corrected chi connectivity index (χ1v) is 8.36. The Hall–Kier alpha value is -2.17. The fourth-order valence-electron chi connectivity index (χ4n) is 3.08. The van der Waals surface area contributed by atoms with Gasteiger partial charge in [0.2, 0.25) is 5.91 Å². The lowest BCUT2D eigenvalue weighted by Crippen LogP contribution is -2.38. The Morgan fingerprint density at radius 3 is 2.57 bits per heavy atom. The lowest BCUT2D eigenvalue weighted by Gasteiger charge is -2.21. The van der Waals surface area contributed by atoms with Crippen LogP contribution in [0.1, 0.15) is 56.1 Å². The second-order valence-corrected chi connectivity index (χ2v) is 6.32. The molecule has 1 N–H and O–H groups in total. The Labute approximate surface area is 137 Å². The summed E-state index contributed by atoms with van der Waals surface area (Å²) in [7, 11) is 0. The largest absolute Gasteiger partial charge is 0.345 e. The number of benzene rings is 1. The average molecular weight is 312 g/mol. The number of amides is 1. The van der Waals surface area contributed by atoms with Crippen LogP contribution in [0.25, 0.3) is 0 Å². The SMILES string of the molecule is CC[C@H](NC(=O)C1(c2ccc(C)cc2)CC1)c1ncnn1CC. The summed E-state index contributed by atoms with van der Waals surface area (Å²) >= 11 is 0. The van der Waals surface area contributed by atoms with Crippen molar-refractivity contribution in [3.8, 4) is 0 Å². The Morgan fingerprint density at radius 2 is 2.00 bits per heavy atom. The summed E-state index contributed by atoms with van der Waals surface area (Å²) in [6.45, 7) is 6.91. The van der Waals surface area contributed by atoms with E-state index >= 15 is 0 Å². The molecular formula is C18H24N4O. The summed E-state index contributed by atoms with van der Waals surface area (Å²) in [5.74, 6) is 0.946. The molecule has 0 unspecified atom stereocenters. The topological polar surface area (TPSA) is 59.8 Å². The van der Waals surface area contributed by atoms with Crippen molar-refractivity contribution in [2.45, 2.75) is 58.0 Å². The van der Waals surface area contributed by atoms with Gasteiger partial charge < -0.3 is 5.32 Å². The van der Waals surface area contributed by atoms with E-state index < -0.39 is 0 Å². The quantitative estimate of drug-likeness (QED) is 0.892. The maximum absolute atomic E-state index is 12.9. The van der Waals surface area contributed by atoms with E-state index in [1.165, 1.54) is 5.56 Å². The first kappa shape index (κ1) is 15.7. The molecule has 1 aromatic heterocycles. The first-order chi connectivity index (χ1) is 11.1. The van der Waals surface area contributed by atoms with Gasteiger partial charge in [0.1, 0.15) is 12.2 Å². The minimum Gasteiger partial charge on any atom is -0.345 e. The van der Waals surface area contributed by atoms with E-state index in [1.54, 1.807) is 6.33 Å². The molecular weight excluding hydrogens is 288 g/mol. The predicted molar refractivity (Wildman–Crippen MR) is 89.0 cm³/mol. The van der Waals surface area contributed by atoms with Gasteiger partial charge in [0.15, 0.2) is 0 Å². The van der Waals surface area contributed by atoms with Crippen LogP contribution in [0.15, 0.2) is 30.6 Å². The van der Waals surface area contributed by atoms with Crippen molar-refractivity contribution in [1.29, 1.82) is 0 Å². The van der Waals surface area contributed by atoms with Gasteiger partial charge in [-0.25, -0.2) is 9.67 Å². The van der Waals surface area contributed by atoms with Gasteiger partial charge in [0.25, 0.3) is 0 Å². The van der Waals surface area contributed by atoms with Gasteiger partial charge in [-0.05, 0) is 38.7 Å². The Bertz CT molecular complexity index is 685. The van der Waals surface area contributed by atoms with Gasteiger partial charge >= 0.3 is 0 Å².